The van der Waals surface area contributed by atoms with Gasteiger partial charge in [-0.1, -0.05) is 13.0 Å². The minimum absolute atomic E-state index is 0. The fourth-order valence-corrected chi connectivity index (χ4v) is 4.13. The number of carbonyl (C=O) groups is 1. The van der Waals surface area contributed by atoms with Crippen LogP contribution in [0.25, 0.3) is 0 Å². The summed E-state index contributed by atoms with van der Waals surface area (Å²) in [6.07, 6.45) is 1.37. The highest BCUT2D eigenvalue weighted by molar-refractivity contribution is 14.0. The lowest BCUT2D eigenvalue weighted by Gasteiger charge is -2.35. The Balaban J connectivity index is 0.00000363. The number of guanidine groups is 1. The van der Waals surface area contributed by atoms with Gasteiger partial charge in [0.15, 0.2) is 5.96 Å². The molecule has 2 aliphatic rings. The average Bonchev–Trinajstić information content (AvgIpc) is 2.81. The lowest BCUT2D eigenvalue weighted by Crippen LogP contribution is -2.49. The lowest BCUT2D eigenvalue weighted by molar-refractivity contribution is 0.111. The van der Waals surface area contributed by atoms with E-state index < -0.39 is 0 Å². The van der Waals surface area contributed by atoms with Gasteiger partial charge in [0.1, 0.15) is 5.82 Å². The monoisotopic (exact) mass is 562 g/mol. The van der Waals surface area contributed by atoms with Crippen LogP contribution in [0.5, 0.6) is 0 Å². The Hall–Kier alpha value is -1.82. The minimum Gasteiger partial charge on any atom is -0.453 e. The number of hydrogen-bond donors (Lipinski definition) is 2. The zero-order valence-corrected chi connectivity index (χ0v) is 21.6. The van der Waals surface area contributed by atoms with E-state index in [4.69, 9.17) is 4.74 Å². The summed E-state index contributed by atoms with van der Waals surface area (Å²) in [6.45, 7) is 8.65. The summed E-state index contributed by atoms with van der Waals surface area (Å²) >= 11 is 0. The molecule has 2 aliphatic heterocycles. The van der Waals surface area contributed by atoms with Crippen molar-refractivity contribution in [3.05, 3.63) is 29.6 Å². The lowest BCUT2D eigenvalue weighted by atomic mass is 10.1. The summed E-state index contributed by atoms with van der Waals surface area (Å²) in [5, 5.41) is 6.66. The predicted molar refractivity (Wildman–Crippen MR) is 136 cm³/mol. The first-order chi connectivity index (χ1) is 15.0. The SMILES string of the molecule is CCN1CCN(c2ccc(CNC(=NC)NC3CCN(C(=O)OC)CC3)cc2F)CC1.I. The summed E-state index contributed by atoms with van der Waals surface area (Å²) in [5.41, 5.74) is 1.55. The van der Waals surface area contributed by atoms with Crippen LogP contribution in [0.2, 0.25) is 0 Å². The van der Waals surface area contributed by atoms with Gasteiger partial charge in [0, 0.05) is 58.9 Å². The van der Waals surface area contributed by atoms with E-state index in [0.29, 0.717) is 31.3 Å². The van der Waals surface area contributed by atoms with Crippen molar-refractivity contribution < 1.29 is 13.9 Å². The van der Waals surface area contributed by atoms with E-state index in [1.165, 1.54) is 7.11 Å². The molecular formula is C22H36FIN6O2. The first kappa shape index (κ1) is 26.4. The molecule has 2 heterocycles. The molecule has 1 amide bonds. The molecule has 0 atom stereocenters. The number of hydrogen-bond acceptors (Lipinski definition) is 5. The number of halogens is 2. The summed E-state index contributed by atoms with van der Waals surface area (Å²) in [5.74, 6) is 0.499. The van der Waals surface area contributed by atoms with E-state index in [-0.39, 0.29) is 41.9 Å². The molecule has 2 saturated heterocycles. The molecule has 0 bridgehead atoms. The highest BCUT2D eigenvalue weighted by atomic mass is 127. The number of ether oxygens (including phenoxy) is 1. The smallest absolute Gasteiger partial charge is 0.409 e. The number of aliphatic imine (C=N–C) groups is 1. The molecule has 0 unspecified atom stereocenters. The normalized spacial score (nSPS) is 18.2. The van der Waals surface area contributed by atoms with Crippen LogP contribution in [0.15, 0.2) is 23.2 Å². The number of benzene rings is 1. The largest absolute Gasteiger partial charge is 0.453 e. The Labute approximate surface area is 207 Å². The predicted octanol–water partition coefficient (Wildman–Crippen LogP) is 2.48. The first-order valence-corrected chi connectivity index (χ1v) is 11.1. The fourth-order valence-electron chi connectivity index (χ4n) is 4.13. The Morgan fingerprint density at radius 1 is 1.19 bits per heavy atom. The first-order valence-electron chi connectivity index (χ1n) is 11.1. The van der Waals surface area contributed by atoms with Crippen LogP contribution in [0.4, 0.5) is 14.9 Å². The summed E-state index contributed by atoms with van der Waals surface area (Å²) in [7, 11) is 3.12. The van der Waals surface area contributed by atoms with Gasteiger partial charge in [-0.2, -0.15) is 0 Å². The molecule has 0 aromatic heterocycles. The topological polar surface area (TPSA) is 72.4 Å². The van der Waals surface area contributed by atoms with Crippen LogP contribution in [0.1, 0.15) is 25.3 Å². The Kier molecular flexibility index (Phi) is 10.8. The van der Waals surface area contributed by atoms with Crippen molar-refractivity contribution in [1.29, 1.82) is 0 Å². The maximum Gasteiger partial charge on any atom is 0.409 e. The summed E-state index contributed by atoms with van der Waals surface area (Å²) < 4.78 is 19.5. The van der Waals surface area contributed by atoms with Crippen molar-refractivity contribution in [1.82, 2.24) is 20.4 Å². The number of methoxy groups -OCH3 is 1. The standard InChI is InChI=1S/C22H35FN6O2.HI/c1-4-27-11-13-28(14-12-27)20-6-5-17(15-19(20)23)16-25-21(24-2)26-18-7-9-29(10-8-18)22(30)31-3;/h5-6,15,18H,4,7-14,16H2,1-3H3,(H2,24,25,26);1H. The van der Waals surface area contributed by atoms with Crippen molar-refractivity contribution in [2.45, 2.75) is 32.4 Å². The molecule has 8 nitrogen and oxygen atoms in total. The molecule has 10 heteroatoms. The average molecular weight is 562 g/mol. The Morgan fingerprint density at radius 3 is 2.44 bits per heavy atom. The van der Waals surface area contributed by atoms with E-state index >= 15 is 0 Å². The van der Waals surface area contributed by atoms with E-state index in [0.717, 1.165) is 51.1 Å². The number of likely N-dealkylation sites (tertiary alicyclic amines) is 1. The summed E-state index contributed by atoms with van der Waals surface area (Å²) in [4.78, 5) is 22.1. The van der Waals surface area contributed by atoms with Gasteiger partial charge in [-0.25, -0.2) is 9.18 Å². The zero-order valence-electron chi connectivity index (χ0n) is 19.3. The van der Waals surface area contributed by atoms with Crippen molar-refractivity contribution >= 4 is 41.7 Å². The number of nitrogens with one attached hydrogen (secondary N) is 2. The molecule has 0 saturated carbocycles. The molecule has 3 rings (SSSR count). The van der Waals surface area contributed by atoms with Crippen LogP contribution < -0.4 is 15.5 Å². The molecule has 1 aromatic carbocycles. The van der Waals surface area contributed by atoms with Gasteiger partial charge in [-0.3, -0.25) is 4.99 Å². The molecule has 1 aromatic rings. The van der Waals surface area contributed by atoms with Gasteiger partial charge >= 0.3 is 6.09 Å². The number of likely N-dealkylation sites (N-methyl/N-ethyl adjacent to an activating group) is 1. The highest BCUT2D eigenvalue weighted by Gasteiger charge is 2.24. The molecule has 32 heavy (non-hydrogen) atoms. The van der Waals surface area contributed by atoms with Crippen LogP contribution >= 0.6 is 24.0 Å². The molecule has 180 valence electrons. The van der Waals surface area contributed by atoms with Crippen LogP contribution in [-0.4, -0.2) is 87.9 Å². The molecule has 0 aliphatic carbocycles. The molecule has 0 radical (unpaired) electrons. The maximum atomic E-state index is 14.8. The molecule has 2 N–H and O–H groups in total. The summed E-state index contributed by atoms with van der Waals surface area (Å²) in [6, 6.07) is 5.69. The van der Waals surface area contributed by atoms with Crippen LogP contribution in [-0.2, 0) is 11.3 Å². The van der Waals surface area contributed by atoms with Crippen LogP contribution in [0.3, 0.4) is 0 Å². The number of piperazine rings is 1. The number of amides is 1. The highest BCUT2D eigenvalue weighted by Crippen LogP contribution is 2.22. The molecular weight excluding hydrogens is 526 g/mol. The third-order valence-corrected chi connectivity index (χ3v) is 6.12. The Bertz CT molecular complexity index is 765. The quantitative estimate of drug-likeness (QED) is 0.327. The second kappa shape index (κ2) is 13.0. The molecule has 2 fully saturated rings. The van der Waals surface area contributed by atoms with Gasteiger partial charge in [0.05, 0.1) is 12.8 Å². The third-order valence-electron chi connectivity index (χ3n) is 6.12. The van der Waals surface area contributed by atoms with Crippen molar-refractivity contribution in [3.8, 4) is 0 Å². The van der Waals surface area contributed by atoms with E-state index in [1.807, 2.05) is 12.1 Å². The van der Waals surface area contributed by atoms with E-state index in [9.17, 15) is 9.18 Å². The van der Waals surface area contributed by atoms with Gasteiger partial charge in [-0.05, 0) is 37.1 Å². The van der Waals surface area contributed by atoms with Crippen molar-refractivity contribution in [2.24, 2.45) is 4.99 Å². The number of anilines is 1. The van der Waals surface area contributed by atoms with Gasteiger partial charge in [0.25, 0.3) is 0 Å². The third kappa shape index (κ3) is 7.09. The van der Waals surface area contributed by atoms with E-state index in [1.54, 1.807) is 18.0 Å². The zero-order chi connectivity index (χ0) is 22.2. The fraction of sp³-hybridized carbons (Fsp3) is 0.636. The Morgan fingerprint density at radius 2 is 1.88 bits per heavy atom. The van der Waals surface area contributed by atoms with Crippen molar-refractivity contribution in [3.63, 3.8) is 0 Å². The minimum atomic E-state index is -0.279. The molecule has 0 spiro atoms. The maximum absolute atomic E-state index is 14.8. The van der Waals surface area contributed by atoms with Gasteiger partial charge in [-0.15, -0.1) is 24.0 Å². The number of carbonyl (C=O) groups excluding carboxylic acids is 1. The number of rotatable bonds is 5. The van der Waals surface area contributed by atoms with Crippen molar-refractivity contribution in [2.75, 3.05) is 64.9 Å². The van der Waals surface area contributed by atoms with E-state index in [2.05, 4.69) is 32.3 Å². The second-order valence-electron chi connectivity index (χ2n) is 8.01. The second-order valence-corrected chi connectivity index (χ2v) is 8.01. The number of piperidine rings is 1. The van der Waals surface area contributed by atoms with Gasteiger partial charge < -0.3 is 30.1 Å². The van der Waals surface area contributed by atoms with Gasteiger partial charge in [0.2, 0.25) is 0 Å². The number of nitrogens with zero attached hydrogens (tertiary/aromatic N) is 4. The van der Waals surface area contributed by atoms with Crippen LogP contribution in [0, 0.1) is 5.82 Å².